The number of aryl methyl sites for hydroxylation is 1. The molecule has 1 aromatic heterocycles. The van der Waals surface area contributed by atoms with Gasteiger partial charge in [-0.2, -0.15) is 9.64 Å². The van der Waals surface area contributed by atoms with Crippen molar-refractivity contribution in [3.8, 4) is 6.07 Å². The lowest BCUT2D eigenvalue weighted by atomic mass is 10.2. The van der Waals surface area contributed by atoms with Gasteiger partial charge < -0.3 is 5.73 Å². The third-order valence-electron chi connectivity index (χ3n) is 1.32. The maximum Gasteiger partial charge on any atom is 0.0642 e. The minimum Gasteiger partial charge on any atom is -0.322 e. The average molecular weight is 167 g/mol. The van der Waals surface area contributed by atoms with Gasteiger partial charge in [-0.05, 0) is 24.5 Å². The molecule has 0 saturated heterocycles. The zero-order valence-electron chi connectivity index (χ0n) is 6.24. The summed E-state index contributed by atoms with van der Waals surface area (Å²) in [5.74, 6) is 0. The van der Waals surface area contributed by atoms with Crippen molar-refractivity contribution >= 4 is 11.5 Å². The zero-order valence-corrected chi connectivity index (χ0v) is 7.06. The van der Waals surface area contributed by atoms with Crippen LogP contribution in [0.5, 0.6) is 0 Å². The molecule has 2 N–H and O–H groups in total. The van der Waals surface area contributed by atoms with Crippen molar-refractivity contribution in [1.82, 2.24) is 4.37 Å². The molecule has 3 nitrogen and oxygen atoms in total. The Labute approximate surface area is 69.6 Å². The van der Waals surface area contributed by atoms with Crippen LogP contribution in [0.1, 0.15) is 23.0 Å². The highest BCUT2D eigenvalue weighted by Gasteiger charge is 2.07. The molecule has 11 heavy (non-hydrogen) atoms. The first-order valence-corrected chi connectivity index (χ1v) is 4.07. The van der Waals surface area contributed by atoms with Crippen molar-refractivity contribution in [2.24, 2.45) is 5.73 Å². The lowest BCUT2D eigenvalue weighted by Gasteiger charge is -2.00. The summed E-state index contributed by atoms with van der Waals surface area (Å²) in [6.07, 6.45) is 0.363. The number of hydrogen-bond acceptors (Lipinski definition) is 4. The molecule has 1 rings (SSSR count). The Morgan fingerprint density at radius 1 is 1.91 bits per heavy atom. The fourth-order valence-corrected chi connectivity index (χ4v) is 1.50. The normalized spacial score (nSPS) is 12.5. The van der Waals surface area contributed by atoms with Gasteiger partial charge in [0.1, 0.15) is 0 Å². The summed E-state index contributed by atoms with van der Waals surface area (Å²) in [7, 11) is 0. The lowest BCUT2D eigenvalue weighted by Crippen LogP contribution is -2.06. The first-order chi connectivity index (χ1) is 5.24. The number of aromatic nitrogens is 1. The largest absolute Gasteiger partial charge is 0.322 e. The summed E-state index contributed by atoms with van der Waals surface area (Å²) < 4.78 is 4.07. The van der Waals surface area contributed by atoms with E-state index in [1.807, 2.05) is 19.1 Å². The van der Waals surface area contributed by atoms with Crippen LogP contribution in [0.3, 0.4) is 0 Å². The predicted molar refractivity (Wildman–Crippen MR) is 44.0 cm³/mol. The van der Waals surface area contributed by atoms with Gasteiger partial charge >= 0.3 is 0 Å². The van der Waals surface area contributed by atoms with E-state index in [-0.39, 0.29) is 6.04 Å². The second-order valence-electron chi connectivity index (χ2n) is 2.34. The molecule has 0 aliphatic rings. The topological polar surface area (TPSA) is 62.7 Å². The minimum absolute atomic E-state index is 0.161. The number of nitrogens with zero attached hydrogens (tertiary/aromatic N) is 2. The van der Waals surface area contributed by atoms with Crippen LogP contribution < -0.4 is 5.73 Å². The summed E-state index contributed by atoms with van der Waals surface area (Å²) in [5.41, 5.74) is 6.64. The number of nitriles is 1. The van der Waals surface area contributed by atoms with Gasteiger partial charge in [0.2, 0.25) is 0 Å². The van der Waals surface area contributed by atoms with Gasteiger partial charge in [-0.25, -0.2) is 0 Å². The first-order valence-electron chi connectivity index (χ1n) is 3.30. The van der Waals surface area contributed by atoms with Crippen LogP contribution >= 0.6 is 11.5 Å². The van der Waals surface area contributed by atoms with Crippen molar-refractivity contribution in [2.75, 3.05) is 0 Å². The average Bonchev–Trinajstić information content (AvgIpc) is 2.36. The Morgan fingerprint density at radius 2 is 2.64 bits per heavy atom. The van der Waals surface area contributed by atoms with Crippen molar-refractivity contribution < 1.29 is 0 Å². The van der Waals surface area contributed by atoms with E-state index < -0.39 is 0 Å². The molecule has 1 atom stereocenters. The van der Waals surface area contributed by atoms with Gasteiger partial charge in [-0.1, -0.05) is 0 Å². The van der Waals surface area contributed by atoms with Crippen LogP contribution in [0.2, 0.25) is 0 Å². The minimum atomic E-state index is -0.161. The Kier molecular flexibility index (Phi) is 2.58. The second-order valence-corrected chi connectivity index (χ2v) is 3.18. The van der Waals surface area contributed by atoms with Crippen LogP contribution in [-0.4, -0.2) is 4.37 Å². The predicted octanol–water partition coefficient (Wildman–Crippen LogP) is 1.36. The van der Waals surface area contributed by atoms with Crippen LogP contribution in [-0.2, 0) is 0 Å². The molecule has 1 heterocycles. The molecule has 0 bridgehead atoms. The molecule has 4 heteroatoms. The number of nitrogens with two attached hydrogens (primary N) is 1. The molecular formula is C7H9N3S. The molecule has 1 aromatic rings. The van der Waals surface area contributed by atoms with Gasteiger partial charge in [0.25, 0.3) is 0 Å². The van der Waals surface area contributed by atoms with Crippen LogP contribution in [0.15, 0.2) is 6.07 Å². The summed E-state index contributed by atoms with van der Waals surface area (Å²) in [6, 6.07) is 3.79. The van der Waals surface area contributed by atoms with E-state index in [4.69, 9.17) is 11.0 Å². The molecule has 0 aliphatic carbocycles. The summed E-state index contributed by atoms with van der Waals surface area (Å²) in [4.78, 5) is 0.990. The van der Waals surface area contributed by atoms with E-state index in [0.717, 1.165) is 10.6 Å². The van der Waals surface area contributed by atoms with Gasteiger partial charge in [0, 0.05) is 4.88 Å². The van der Waals surface area contributed by atoms with Gasteiger partial charge in [0.05, 0.1) is 24.2 Å². The highest BCUT2D eigenvalue weighted by Crippen LogP contribution is 2.18. The SMILES string of the molecule is Cc1cc([C@@H](N)CC#N)sn1. The molecule has 0 unspecified atom stereocenters. The van der Waals surface area contributed by atoms with Crippen LogP contribution in [0.25, 0.3) is 0 Å². The monoisotopic (exact) mass is 167 g/mol. The Balaban J connectivity index is 2.70. The molecule has 0 amide bonds. The third kappa shape index (κ3) is 2.00. The molecule has 0 saturated carbocycles. The summed E-state index contributed by atoms with van der Waals surface area (Å²) in [5, 5.41) is 8.36. The van der Waals surface area contributed by atoms with E-state index in [1.54, 1.807) is 0 Å². The molecule has 0 aromatic carbocycles. The van der Waals surface area contributed by atoms with Gasteiger partial charge in [-0.3, -0.25) is 0 Å². The number of hydrogen-bond donors (Lipinski definition) is 1. The summed E-state index contributed by atoms with van der Waals surface area (Å²) in [6.45, 7) is 1.92. The van der Waals surface area contributed by atoms with E-state index in [1.165, 1.54) is 11.5 Å². The number of rotatable bonds is 2. The fraction of sp³-hybridized carbons (Fsp3) is 0.429. The van der Waals surface area contributed by atoms with Crippen molar-refractivity contribution in [1.29, 1.82) is 5.26 Å². The molecule has 0 radical (unpaired) electrons. The molecule has 0 fully saturated rings. The summed E-state index contributed by atoms with van der Waals surface area (Å²) >= 11 is 1.37. The fourth-order valence-electron chi connectivity index (χ4n) is 0.757. The van der Waals surface area contributed by atoms with Crippen LogP contribution in [0, 0.1) is 18.3 Å². The standard InChI is InChI=1S/C7H9N3S/c1-5-4-7(11-10-5)6(9)2-3-8/h4,6H,2,9H2,1H3/t6-/m0/s1. The maximum atomic E-state index is 8.36. The maximum absolute atomic E-state index is 8.36. The molecule has 0 aliphatic heterocycles. The van der Waals surface area contributed by atoms with Crippen molar-refractivity contribution in [3.05, 3.63) is 16.6 Å². The molecule has 58 valence electrons. The Bertz CT molecular complexity index is 273. The lowest BCUT2D eigenvalue weighted by molar-refractivity contribution is 0.764. The van der Waals surface area contributed by atoms with E-state index in [2.05, 4.69) is 4.37 Å². The van der Waals surface area contributed by atoms with Gasteiger partial charge in [0.15, 0.2) is 0 Å². The highest BCUT2D eigenvalue weighted by atomic mass is 32.1. The smallest absolute Gasteiger partial charge is 0.0642 e. The highest BCUT2D eigenvalue weighted by molar-refractivity contribution is 7.05. The van der Waals surface area contributed by atoms with Gasteiger partial charge in [-0.15, -0.1) is 0 Å². The Morgan fingerprint density at radius 3 is 3.09 bits per heavy atom. The van der Waals surface area contributed by atoms with Crippen molar-refractivity contribution in [3.63, 3.8) is 0 Å². The zero-order chi connectivity index (χ0) is 8.27. The molecule has 0 spiro atoms. The third-order valence-corrected chi connectivity index (χ3v) is 2.33. The van der Waals surface area contributed by atoms with Crippen molar-refractivity contribution in [2.45, 2.75) is 19.4 Å². The van der Waals surface area contributed by atoms with E-state index >= 15 is 0 Å². The molecular weight excluding hydrogens is 158 g/mol. The van der Waals surface area contributed by atoms with E-state index in [9.17, 15) is 0 Å². The Hall–Kier alpha value is -0.920. The second kappa shape index (κ2) is 3.46. The quantitative estimate of drug-likeness (QED) is 0.723. The van der Waals surface area contributed by atoms with Crippen LogP contribution in [0.4, 0.5) is 0 Å². The first kappa shape index (κ1) is 8.18. The van der Waals surface area contributed by atoms with E-state index in [0.29, 0.717) is 6.42 Å².